The highest BCUT2D eigenvalue weighted by atomic mass is 14.9. The first-order valence-electron chi connectivity index (χ1n) is 7.36. The Morgan fingerprint density at radius 2 is 1.78 bits per heavy atom. The van der Waals surface area contributed by atoms with Crippen LogP contribution in [-0.4, -0.2) is 12.6 Å². The van der Waals surface area contributed by atoms with E-state index < -0.39 is 0 Å². The molecule has 0 bridgehead atoms. The van der Waals surface area contributed by atoms with Crippen LogP contribution in [0.2, 0.25) is 0 Å². The third-order valence-electron chi connectivity index (χ3n) is 4.35. The van der Waals surface area contributed by atoms with Crippen LogP contribution in [0.25, 0.3) is 0 Å². The molecule has 1 saturated carbocycles. The van der Waals surface area contributed by atoms with Crippen molar-refractivity contribution in [3.05, 3.63) is 34.9 Å². The zero-order valence-corrected chi connectivity index (χ0v) is 12.3. The zero-order chi connectivity index (χ0) is 13.2. The topological polar surface area (TPSA) is 12.0 Å². The van der Waals surface area contributed by atoms with E-state index in [9.17, 15) is 0 Å². The molecule has 1 unspecified atom stereocenters. The molecule has 2 rings (SSSR count). The minimum atomic E-state index is 0.537. The normalized spacial score (nSPS) is 18.7. The van der Waals surface area contributed by atoms with E-state index in [0.717, 1.165) is 6.54 Å². The summed E-state index contributed by atoms with van der Waals surface area (Å²) in [6.45, 7) is 10.2. The third-order valence-corrected chi connectivity index (χ3v) is 4.35. The summed E-state index contributed by atoms with van der Waals surface area (Å²) in [4.78, 5) is 0. The minimum absolute atomic E-state index is 0.537. The van der Waals surface area contributed by atoms with Gasteiger partial charge in [-0.1, -0.05) is 36.2 Å². The first-order valence-corrected chi connectivity index (χ1v) is 7.36. The Bertz CT molecular complexity index is 384. The van der Waals surface area contributed by atoms with E-state index in [-0.39, 0.29) is 0 Å². The van der Waals surface area contributed by atoms with E-state index >= 15 is 0 Å². The lowest BCUT2D eigenvalue weighted by atomic mass is 9.88. The van der Waals surface area contributed by atoms with Gasteiger partial charge in [-0.3, -0.25) is 0 Å². The van der Waals surface area contributed by atoms with Crippen LogP contribution in [0, 0.1) is 19.3 Å². The van der Waals surface area contributed by atoms with Gasteiger partial charge in [-0.25, -0.2) is 0 Å². The van der Waals surface area contributed by atoms with Crippen molar-refractivity contribution >= 4 is 0 Å². The molecule has 1 aliphatic rings. The maximum absolute atomic E-state index is 3.68. The molecule has 1 atom stereocenters. The Hall–Kier alpha value is -0.820. The van der Waals surface area contributed by atoms with Gasteiger partial charge in [0.05, 0.1) is 0 Å². The molecule has 0 saturated heterocycles. The molecule has 1 aromatic rings. The second kappa shape index (κ2) is 5.44. The van der Waals surface area contributed by atoms with Crippen LogP contribution < -0.4 is 5.32 Å². The van der Waals surface area contributed by atoms with Crippen molar-refractivity contribution in [3.63, 3.8) is 0 Å². The second-order valence-corrected chi connectivity index (χ2v) is 6.21. The van der Waals surface area contributed by atoms with Crippen molar-refractivity contribution in [3.8, 4) is 0 Å². The van der Waals surface area contributed by atoms with Gasteiger partial charge in [0.25, 0.3) is 0 Å². The molecule has 1 N–H and O–H groups in total. The molecular weight excluding hydrogens is 218 g/mol. The lowest BCUT2D eigenvalue weighted by molar-refractivity contribution is 0.350. The number of hydrogen-bond donors (Lipinski definition) is 1. The Morgan fingerprint density at radius 3 is 2.28 bits per heavy atom. The van der Waals surface area contributed by atoms with Crippen LogP contribution in [0.1, 0.15) is 49.8 Å². The van der Waals surface area contributed by atoms with Crippen molar-refractivity contribution < 1.29 is 0 Å². The molecule has 0 aliphatic heterocycles. The van der Waals surface area contributed by atoms with Crippen molar-refractivity contribution in [1.82, 2.24) is 5.32 Å². The molecule has 1 fully saturated rings. The van der Waals surface area contributed by atoms with E-state index in [4.69, 9.17) is 0 Å². The third kappa shape index (κ3) is 3.14. The smallest absolute Gasteiger partial charge is 0.00983 e. The molecule has 100 valence electrons. The molecule has 0 spiro atoms. The average molecular weight is 245 g/mol. The fraction of sp³-hybridized carbons (Fsp3) is 0.647. The van der Waals surface area contributed by atoms with Gasteiger partial charge in [0, 0.05) is 6.04 Å². The molecule has 1 aromatic carbocycles. The van der Waals surface area contributed by atoms with Crippen molar-refractivity contribution in [2.24, 2.45) is 5.41 Å². The van der Waals surface area contributed by atoms with E-state index in [2.05, 4.69) is 51.2 Å². The Kier molecular flexibility index (Phi) is 4.11. The van der Waals surface area contributed by atoms with Crippen LogP contribution in [0.4, 0.5) is 0 Å². The summed E-state index contributed by atoms with van der Waals surface area (Å²) in [7, 11) is 0. The SMILES string of the molecule is CCCNC(C)C1(Cc2cc(C)cc(C)c2)CC1. The lowest BCUT2D eigenvalue weighted by Gasteiger charge is -2.25. The van der Waals surface area contributed by atoms with Gasteiger partial charge >= 0.3 is 0 Å². The Morgan fingerprint density at radius 1 is 1.17 bits per heavy atom. The van der Waals surface area contributed by atoms with Gasteiger partial charge in [-0.15, -0.1) is 0 Å². The predicted molar refractivity (Wildman–Crippen MR) is 79.0 cm³/mol. The first-order chi connectivity index (χ1) is 8.55. The Balaban J connectivity index is 2.03. The standard InChI is InChI=1S/C17H27N/c1-5-8-18-15(4)17(6-7-17)12-16-10-13(2)9-14(3)11-16/h9-11,15,18H,5-8,12H2,1-4H3. The summed E-state index contributed by atoms with van der Waals surface area (Å²) >= 11 is 0. The van der Waals surface area contributed by atoms with E-state index in [1.54, 1.807) is 0 Å². The molecule has 1 heteroatoms. The van der Waals surface area contributed by atoms with Crippen LogP contribution in [0.5, 0.6) is 0 Å². The molecule has 1 nitrogen and oxygen atoms in total. The van der Waals surface area contributed by atoms with Gasteiger partial charge < -0.3 is 5.32 Å². The number of hydrogen-bond acceptors (Lipinski definition) is 1. The van der Waals surface area contributed by atoms with Gasteiger partial charge in [0.15, 0.2) is 0 Å². The molecule has 18 heavy (non-hydrogen) atoms. The van der Waals surface area contributed by atoms with Crippen LogP contribution in [0.15, 0.2) is 18.2 Å². The minimum Gasteiger partial charge on any atom is -0.314 e. The summed E-state index contributed by atoms with van der Waals surface area (Å²) in [6.07, 6.45) is 5.24. The number of nitrogens with one attached hydrogen (secondary N) is 1. The van der Waals surface area contributed by atoms with Crippen molar-refractivity contribution in [2.75, 3.05) is 6.54 Å². The lowest BCUT2D eigenvalue weighted by Crippen LogP contribution is -2.36. The molecule has 1 aliphatic carbocycles. The van der Waals surface area contributed by atoms with E-state index in [1.165, 1.54) is 42.4 Å². The van der Waals surface area contributed by atoms with Gasteiger partial charge in [-0.2, -0.15) is 0 Å². The average Bonchev–Trinajstić information content (AvgIpc) is 3.05. The summed E-state index contributed by atoms with van der Waals surface area (Å²) in [5.41, 5.74) is 4.86. The largest absolute Gasteiger partial charge is 0.314 e. The second-order valence-electron chi connectivity index (χ2n) is 6.21. The molecule has 0 radical (unpaired) electrons. The van der Waals surface area contributed by atoms with Crippen molar-refractivity contribution in [1.29, 1.82) is 0 Å². The first kappa shape index (κ1) is 13.6. The maximum Gasteiger partial charge on any atom is 0.00983 e. The number of aryl methyl sites for hydroxylation is 2. The van der Waals surface area contributed by atoms with Crippen LogP contribution in [0.3, 0.4) is 0 Å². The summed E-state index contributed by atoms with van der Waals surface area (Å²) in [5.74, 6) is 0. The monoisotopic (exact) mass is 245 g/mol. The van der Waals surface area contributed by atoms with Gasteiger partial charge in [0.1, 0.15) is 0 Å². The van der Waals surface area contributed by atoms with Crippen molar-refractivity contribution in [2.45, 2.75) is 59.4 Å². The van der Waals surface area contributed by atoms with E-state index in [1.807, 2.05) is 0 Å². The van der Waals surface area contributed by atoms with Gasteiger partial charge in [-0.05, 0) is 64.0 Å². The summed E-state index contributed by atoms with van der Waals surface area (Å²) < 4.78 is 0. The molecular formula is C17H27N. The highest BCUT2D eigenvalue weighted by molar-refractivity contribution is 5.30. The highest BCUT2D eigenvalue weighted by Gasteiger charge is 2.46. The number of rotatable bonds is 6. The zero-order valence-electron chi connectivity index (χ0n) is 12.3. The van der Waals surface area contributed by atoms with Crippen LogP contribution in [-0.2, 0) is 6.42 Å². The summed E-state index contributed by atoms with van der Waals surface area (Å²) in [6, 6.07) is 7.64. The highest BCUT2D eigenvalue weighted by Crippen LogP contribution is 2.51. The van der Waals surface area contributed by atoms with Gasteiger partial charge in [0.2, 0.25) is 0 Å². The summed E-state index contributed by atoms with van der Waals surface area (Å²) in [5, 5.41) is 3.68. The fourth-order valence-electron chi connectivity index (χ4n) is 3.08. The molecule has 0 aromatic heterocycles. The molecule has 0 amide bonds. The fourth-order valence-corrected chi connectivity index (χ4v) is 3.08. The molecule has 0 heterocycles. The quantitative estimate of drug-likeness (QED) is 0.798. The maximum atomic E-state index is 3.68. The van der Waals surface area contributed by atoms with E-state index in [0.29, 0.717) is 11.5 Å². The Labute approximate surface area is 112 Å². The predicted octanol–water partition coefficient (Wildman–Crippen LogP) is 4.01. The number of benzene rings is 1. The van der Waals surface area contributed by atoms with Crippen LogP contribution >= 0.6 is 0 Å².